The van der Waals surface area contributed by atoms with Gasteiger partial charge in [-0.15, -0.1) is 0 Å². The van der Waals surface area contributed by atoms with Crippen LogP contribution in [0.4, 0.5) is 0 Å². The summed E-state index contributed by atoms with van der Waals surface area (Å²) >= 11 is 0. The van der Waals surface area contributed by atoms with Gasteiger partial charge in [-0.2, -0.15) is 0 Å². The van der Waals surface area contributed by atoms with Crippen LogP contribution in [0.3, 0.4) is 0 Å². The van der Waals surface area contributed by atoms with E-state index in [0.717, 1.165) is 12.0 Å². The van der Waals surface area contributed by atoms with Crippen LogP contribution in [0, 0.1) is 6.92 Å². The minimum absolute atomic E-state index is 0.00152. The van der Waals surface area contributed by atoms with E-state index in [9.17, 15) is 19.2 Å². The minimum Gasteiger partial charge on any atom is -0.339 e. The molecule has 0 spiro atoms. The van der Waals surface area contributed by atoms with Crippen molar-refractivity contribution in [1.29, 1.82) is 0 Å². The second kappa shape index (κ2) is 9.98. The fourth-order valence-corrected chi connectivity index (χ4v) is 4.36. The number of carbonyl (C=O) groups is 4. The van der Waals surface area contributed by atoms with Crippen LogP contribution in [-0.4, -0.2) is 71.1 Å². The first-order valence-electron chi connectivity index (χ1n) is 11.5. The highest BCUT2D eigenvalue weighted by molar-refractivity contribution is 6.21. The van der Waals surface area contributed by atoms with Gasteiger partial charge in [-0.25, -0.2) is 0 Å². The summed E-state index contributed by atoms with van der Waals surface area (Å²) in [6, 6.07) is 15.0. The van der Waals surface area contributed by atoms with Crippen LogP contribution in [0.5, 0.6) is 0 Å². The Morgan fingerprint density at radius 1 is 0.758 bits per heavy atom. The molecule has 0 aromatic heterocycles. The van der Waals surface area contributed by atoms with Crippen LogP contribution in [0.25, 0.3) is 0 Å². The highest BCUT2D eigenvalue weighted by Gasteiger charge is 2.34. The standard InChI is InChI=1S/C26H29N3O4/c1-19-8-10-20(11-9-19)12-13-24(31)28-17-15-27(16-18-28)23(30)7-4-14-29-25(32)21-5-2-3-6-22(21)26(29)33/h2-3,5-6,8-11H,4,7,12-18H2,1H3. The lowest BCUT2D eigenvalue weighted by Gasteiger charge is -2.35. The smallest absolute Gasteiger partial charge is 0.261 e. The number of imide groups is 1. The van der Waals surface area contributed by atoms with Crippen molar-refractivity contribution in [3.05, 3.63) is 70.8 Å². The molecule has 0 atom stereocenters. The lowest BCUT2D eigenvalue weighted by molar-refractivity contribution is -0.139. The summed E-state index contributed by atoms with van der Waals surface area (Å²) in [5.74, 6) is -0.465. The minimum atomic E-state index is -0.291. The monoisotopic (exact) mass is 447 g/mol. The zero-order valence-electron chi connectivity index (χ0n) is 19.0. The maximum Gasteiger partial charge on any atom is 0.261 e. The Hall–Kier alpha value is -3.48. The van der Waals surface area contributed by atoms with Gasteiger partial charge >= 0.3 is 0 Å². The molecule has 4 rings (SSSR count). The van der Waals surface area contributed by atoms with E-state index in [0.29, 0.717) is 50.1 Å². The van der Waals surface area contributed by atoms with Gasteiger partial charge in [0.1, 0.15) is 0 Å². The molecule has 7 nitrogen and oxygen atoms in total. The lowest BCUT2D eigenvalue weighted by atomic mass is 10.1. The molecule has 2 heterocycles. The third kappa shape index (κ3) is 5.13. The summed E-state index contributed by atoms with van der Waals surface area (Å²) in [6.07, 6.45) is 1.89. The summed E-state index contributed by atoms with van der Waals surface area (Å²) < 4.78 is 0. The highest BCUT2D eigenvalue weighted by Crippen LogP contribution is 2.22. The Bertz CT molecular complexity index is 1020. The molecular weight excluding hydrogens is 418 g/mol. The van der Waals surface area contributed by atoms with Crippen LogP contribution in [0.1, 0.15) is 51.1 Å². The molecule has 0 unspecified atom stereocenters. The molecule has 0 N–H and O–H groups in total. The average Bonchev–Trinajstić information content (AvgIpc) is 3.08. The van der Waals surface area contributed by atoms with Crippen molar-refractivity contribution in [1.82, 2.24) is 14.7 Å². The van der Waals surface area contributed by atoms with Crippen LogP contribution in [0.15, 0.2) is 48.5 Å². The largest absolute Gasteiger partial charge is 0.339 e. The van der Waals surface area contributed by atoms with Crippen molar-refractivity contribution in [2.45, 2.75) is 32.6 Å². The fourth-order valence-electron chi connectivity index (χ4n) is 4.36. The van der Waals surface area contributed by atoms with Crippen LogP contribution < -0.4 is 0 Å². The molecule has 2 aliphatic rings. The predicted octanol–water partition coefficient (Wildman–Crippen LogP) is 2.67. The molecule has 1 fully saturated rings. The van der Waals surface area contributed by atoms with Crippen molar-refractivity contribution >= 4 is 23.6 Å². The molecule has 7 heteroatoms. The number of aryl methyl sites for hydroxylation is 2. The van der Waals surface area contributed by atoms with E-state index in [4.69, 9.17) is 0 Å². The second-order valence-corrected chi connectivity index (χ2v) is 8.66. The summed E-state index contributed by atoms with van der Waals surface area (Å²) in [5.41, 5.74) is 3.21. The number of rotatable bonds is 7. The summed E-state index contributed by atoms with van der Waals surface area (Å²) in [4.78, 5) is 54.8. The van der Waals surface area contributed by atoms with Gasteiger partial charge < -0.3 is 9.80 Å². The third-order valence-electron chi connectivity index (χ3n) is 6.38. The molecule has 0 aliphatic carbocycles. The van der Waals surface area contributed by atoms with Gasteiger partial charge in [0.25, 0.3) is 11.8 Å². The highest BCUT2D eigenvalue weighted by atomic mass is 16.2. The summed E-state index contributed by atoms with van der Waals surface area (Å²) in [7, 11) is 0. The zero-order valence-corrected chi connectivity index (χ0v) is 19.0. The van der Waals surface area contributed by atoms with Crippen LogP contribution in [-0.2, 0) is 16.0 Å². The van der Waals surface area contributed by atoms with E-state index in [-0.39, 0.29) is 36.6 Å². The number of amides is 4. The van der Waals surface area contributed by atoms with Crippen molar-refractivity contribution in [2.75, 3.05) is 32.7 Å². The fraction of sp³-hybridized carbons (Fsp3) is 0.385. The molecule has 0 radical (unpaired) electrons. The van der Waals surface area contributed by atoms with E-state index < -0.39 is 0 Å². The number of hydrogen-bond donors (Lipinski definition) is 0. The third-order valence-corrected chi connectivity index (χ3v) is 6.38. The number of hydrogen-bond acceptors (Lipinski definition) is 4. The molecule has 0 saturated carbocycles. The Morgan fingerprint density at radius 3 is 1.82 bits per heavy atom. The Balaban J connectivity index is 1.17. The molecule has 1 saturated heterocycles. The molecule has 172 valence electrons. The number of fused-ring (bicyclic) bond motifs is 1. The SMILES string of the molecule is Cc1ccc(CCC(=O)N2CCN(C(=O)CCCN3C(=O)c4ccccc4C3=O)CC2)cc1. The van der Waals surface area contributed by atoms with E-state index >= 15 is 0 Å². The molecule has 2 aliphatic heterocycles. The predicted molar refractivity (Wildman–Crippen MR) is 124 cm³/mol. The number of piperazine rings is 1. The number of nitrogens with zero attached hydrogens (tertiary/aromatic N) is 3. The Labute approximate surface area is 194 Å². The van der Waals surface area contributed by atoms with E-state index in [1.807, 2.05) is 11.8 Å². The first-order chi connectivity index (χ1) is 15.9. The van der Waals surface area contributed by atoms with Crippen molar-refractivity contribution in [3.63, 3.8) is 0 Å². The maximum atomic E-state index is 12.6. The first kappa shape index (κ1) is 22.7. The van der Waals surface area contributed by atoms with E-state index in [1.165, 1.54) is 10.5 Å². The first-order valence-corrected chi connectivity index (χ1v) is 11.5. The van der Waals surface area contributed by atoms with Gasteiger partial charge in [0.05, 0.1) is 11.1 Å². The van der Waals surface area contributed by atoms with E-state index in [2.05, 4.69) is 24.3 Å². The van der Waals surface area contributed by atoms with Crippen LogP contribution >= 0.6 is 0 Å². The molecule has 0 bridgehead atoms. The second-order valence-electron chi connectivity index (χ2n) is 8.66. The quantitative estimate of drug-likeness (QED) is 0.612. The summed E-state index contributed by atoms with van der Waals surface area (Å²) in [5, 5.41) is 0. The van der Waals surface area contributed by atoms with Crippen molar-refractivity contribution in [3.8, 4) is 0 Å². The normalized spacial score (nSPS) is 15.7. The van der Waals surface area contributed by atoms with Gasteiger partial charge in [0.15, 0.2) is 0 Å². The maximum absolute atomic E-state index is 12.6. The number of carbonyl (C=O) groups excluding carboxylic acids is 4. The molecule has 2 aromatic rings. The van der Waals surface area contributed by atoms with Gasteiger partial charge in [0, 0.05) is 45.6 Å². The van der Waals surface area contributed by atoms with Gasteiger partial charge in [0.2, 0.25) is 11.8 Å². The van der Waals surface area contributed by atoms with Gasteiger partial charge in [-0.05, 0) is 37.5 Å². The molecular formula is C26H29N3O4. The zero-order chi connectivity index (χ0) is 23.4. The molecule has 4 amide bonds. The molecule has 2 aromatic carbocycles. The van der Waals surface area contributed by atoms with Gasteiger partial charge in [-0.1, -0.05) is 42.0 Å². The van der Waals surface area contributed by atoms with Crippen molar-refractivity contribution < 1.29 is 19.2 Å². The summed E-state index contributed by atoms with van der Waals surface area (Å²) in [6.45, 7) is 4.38. The van der Waals surface area contributed by atoms with E-state index in [1.54, 1.807) is 29.2 Å². The Morgan fingerprint density at radius 2 is 1.27 bits per heavy atom. The molecule has 33 heavy (non-hydrogen) atoms. The van der Waals surface area contributed by atoms with Crippen LogP contribution in [0.2, 0.25) is 0 Å². The topological polar surface area (TPSA) is 78.0 Å². The lowest BCUT2D eigenvalue weighted by Crippen LogP contribution is -2.50. The van der Waals surface area contributed by atoms with Gasteiger partial charge in [-0.3, -0.25) is 24.1 Å². The average molecular weight is 448 g/mol. The number of benzene rings is 2. The Kier molecular flexibility index (Phi) is 6.87. The van der Waals surface area contributed by atoms with Crippen molar-refractivity contribution in [2.24, 2.45) is 0 Å².